The maximum absolute atomic E-state index is 12.6. The average molecular weight is 317 g/mol. The lowest BCUT2D eigenvalue weighted by atomic mass is 9.90. The first-order valence-electron chi connectivity index (χ1n) is 7.12. The van der Waals surface area contributed by atoms with Crippen molar-refractivity contribution in [2.75, 3.05) is 19.0 Å². The van der Waals surface area contributed by atoms with Gasteiger partial charge in [-0.2, -0.15) is 0 Å². The van der Waals surface area contributed by atoms with Gasteiger partial charge in [0.25, 0.3) is 0 Å². The van der Waals surface area contributed by atoms with Gasteiger partial charge in [-0.25, -0.2) is 0 Å². The van der Waals surface area contributed by atoms with Crippen molar-refractivity contribution < 1.29 is 9.53 Å². The summed E-state index contributed by atoms with van der Waals surface area (Å²) in [5, 5.41) is 6.90. The summed E-state index contributed by atoms with van der Waals surface area (Å²) in [6.07, 6.45) is 0. The van der Waals surface area contributed by atoms with E-state index in [0.717, 1.165) is 17.7 Å². The van der Waals surface area contributed by atoms with Crippen LogP contribution in [0, 0.1) is 0 Å². The maximum atomic E-state index is 12.6. The molecule has 2 aromatic rings. The molecule has 1 heterocycles. The molecule has 4 nitrogen and oxygen atoms in total. The highest BCUT2D eigenvalue weighted by Crippen LogP contribution is 2.29. The Bertz CT molecular complexity index is 703. The topological polar surface area (TPSA) is 50.4 Å². The van der Waals surface area contributed by atoms with Crippen LogP contribution in [-0.2, 0) is 11.3 Å². The third-order valence-electron chi connectivity index (χ3n) is 3.83. The molecular formula is C17H17ClN2O2. The summed E-state index contributed by atoms with van der Waals surface area (Å²) < 4.78 is 5.27. The zero-order valence-electron chi connectivity index (χ0n) is 12.2. The van der Waals surface area contributed by atoms with Gasteiger partial charge >= 0.3 is 0 Å². The van der Waals surface area contributed by atoms with Crippen LogP contribution in [0.5, 0.6) is 5.75 Å². The molecule has 0 saturated carbocycles. The molecule has 0 saturated heterocycles. The molecule has 3 rings (SSSR count). The summed E-state index contributed by atoms with van der Waals surface area (Å²) in [6.45, 7) is 1.34. The highest BCUT2D eigenvalue weighted by Gasteiger charge is 2.27. The molecule has 0 aromatic heterocycles. The predicted molar refractivity (Wildman–Crippen MR) is 87.5 cm³/mol. The summed E-state index contributed by atoms with van der Waals surface area (Å²) in [6, 6.07) is 13.1. The fourth-order valence-corrected chi connectivity index (χ4v) is 2.92. The van der Waals surface area contributed by atoms with Gasteiger partial charge in [-0.05, 0) is 35.4 Å². The van der Waals surface area contributed by atoms with Crippen LogP contribution in [0.25, 0.3) is 0 Å². The van der Waals surface area contributed by atoms with Crippen molar-refractivity contribution in [3.63, 3.8) is 0 Å². The Morgan fingerprint density at radius 3 is 2.95 bits per heavy atom. The second-order valence-electron chi connectivity index (χ2n) is 5.22. The van der Waals surface area contributed by atoms with Gasteiger partial charge in [0.2, 0.25) is 5.91 Å². The van der Waals surface area contributed by atoms with E-state index < -0.39 is 0 Å². The fourth-order valence-electron chi connectivity index (χ4n) is 2.73. The first kappa shape index (κ1) is 14.9. The van der Waals surface area contributed by atoms with E-state index in [0.29, 0.717) is 23.0 Å². The number of benzene rings is 2. The maximum Gasteiger partial charge on any atom is 0.233 e. The Morgan fingerprint density at radius 2 is 2.14 bits per heavy atom. The molecule has 0 spiro atoms. The van der Waals surface area contributed by atoms with Crippen LogP contribution >= 0.6 is 11.6 Å². The van der Waals surface area contributed by atoms with Crippen LogP contribution in [-0.4, -0.2) is 19.6 Å². The summed E-state index contributed by atoms with van der Waals surface area (Å²) >= 11 is 6.03. The smallest absolute Gasteiger partial charge is 0.233 e. The molecule has 1 atom stereocenters. The zero-order chi connectivity index (χ0) is 15.5. The van der Waals surface area contributed by atoms with Crippen molar-refractivity contribution in [1.29, 1.82) is 0 Å². The Labute approximate surface area is 134 Å². The standard InChI is InChI=1S/C17H17ClN2O2/c1-22-16-5-3-2-4-15(16)20-17(21)14-10-19-9-11-8-12(18)6-7-13(11)14/h2-8,14,19H,9-10H2,1H3,(H,20,21). The van der Waals surface area contributed by atoms with Crippen molar-refractivity contribution in [3.8, 4) is 5.75 Å². The Hall–Kier alpha value is -2.04. The number of carbonyl (C=O) groups is 1. The van der Waals surface area contributed by atoms with E-state index in [4.69, 9.17) is 16.3 Å². The second-order valence-corrected chi connectivity index (χ2v) is 5.65. The summed E-state index contributed by atoms with van der Waals surface area (Å²) in [5.41, 5.74) is 2.77. The molecule has 22 heavy (non-hydrogen) atoms. The van der Waals surface area contributed by atoms with Gasteiger partial charge in [0.1, 0.15) is 5.75 Å². The minimum atomic E-state index is -0.245. The number of ether oxygens (including phenoxy) is 1. The van der Waals surface area contributed by atoms with Crippen molar-refractivity contribution in [2.24, 2.45) is 0 Å². The SMILES string of the molecule is COc1ccccc1NC(=O)C1CNCc2cc(Cl)ccc21. The molecule has 2 N–H and O–H groups in total. The number of nitrogens with one attached hydrogen (secondary N) is 2. The average Bonchev–Trinajstić information content (AvgIpc) is 2.54. The van der Waals surface area contributed by atoms with Crippen LogP contribution in [0.3, 0.4) is 0 Å². The third kappa shape index (κ3) is 2.93. The van der Waals surface area contributed by atoms with Crippen molar-refractivity contribution >= 4 is 23.2 Å². The monoisotopic (exact) mass is 316 g/mol. The largest absolute Gasteiger partial charge is 0.495 e. The Morgan fingerprint density at radius 1 is 1.32 bits per heavy atom. The van der Waals surface area contributed by atoms with Gasteiger partial charge in [0.05, 0.1) is 18.7 Å². The molecule has 1 aliphatic rings. The van der Waals surface area contributed by atoms with Gasteiger partial charge in [-0.15, -0.1) is 0 Å². The summed E-state index contributed by atoms with van der Waals surface area (Å²) in [4.78, 5) is 12.6. The lowest BCUT2D eigenvalue weighted by Crippen LogP contribution is -2.35. The highest BCUT2D eigenvalue weighted by atomic mass is 35.5. The quantitative estimate of drug-likeness (QED) is 0.914. The van der Waals surface area contributed by atoms with Crippen molar-refractivity contribution in [1.82, 2.24) is 5.32 Å². The molecule has 114 valence electrons. The van der Waals surface area contributed by atoms with E-state index in [1.54, 1.807) is 7.11 Å². The molecule has 0 fully saturated rings. The Balaban J connectivity index is 1.85. The first-order chi connectivity index (χ1) is 10.7. The molecule has 0 aliphatic carbocycles. The summed E-state index contributed by atoms with van der Waals surface area (Å²) in [7, 11) is 1.59. The molecule has 2 aromatic carbocycles. The molecule has 5 heteroatoms. The fraction of sp³-hybridized carbons (Fsp3) is 0.235. The van der Waals surface area contributed by atoms with Gasteiger partial charge in [0, 0.05) is 18.1 Å². The van der Waals surface area contributed by atoms with E-state index in [-0.39, 0.29) is 11.8 Å². The van der Waals surface area contributed by atoms with Crippen LogP contribution in [0.15, 0.2) is 42.5 Å². The number of anilines is 1. The second kappa shape index (κ2) is 6.38. The lowest BCUT2D eigenvalue weighted by Gasteiger charge is -2.26. The normalized spacial score (nSPS) is 16.7. The number of halogens is 1. The van der Waals surface area contributed by atoms with Gasteiger partial charge < -0.3 is 15.4 Å². The summed E-state index contributed by atoms with van der Waals surface area (Å²) in [5.74, 6) is 0.349. The first-order valence-corrected chi connectivity index (χ1v) is 7.50. The predicted octanol–water partition coefficient (Wildman–Crippen LogP) is 3.17. The van der Waals surface area contributed by atoms with Crippen LogP contribution in [0.2, 0.25) is 5.02 Å². The lowest BCUT2D eigenvalue weighted by molar-refractivity contribution is -0.117. The number of hydrogen-bond acceptors (Lipinski definition) is 3. The molecule has 1 aliphatic heterocycles. The van der Waals surface area contributed by atoms with Gasteiger partial charge in [-0.3, -0.25) is 4.79 Å². The van der Waals surface area contributed by atoms with Crippen LogP contribution in [0.1, 0.15) is 17.0 Å². The molecule has 0 bridgehead atoms. The minimum absolute atomic E-state index is 0.0553. The molecule has 1 unspecified atom stereocenters. The number of rotatable bonds is 3. The van der Waals surface area contributed by atoms with E-state index in [1.165, 1.54) is 0 Å². The van der Waals surface area contributed by atoms with E-state index >= 15 is 0 Å². The zero-order valence-corrected chi connectivity index (χ0v) is 13.0. The minimum Gasteiger partial charge on any atom is -0.495 e. The number of para-hydroxylation sites is 2. The van der Waals surface area contributed by atoms with E-state index in [1.807, 2.05) is 42.5 Å². The number of hydrogen-bond donors (Lipinski definition) is 2. The molecular weight excluding hydrogens is 300 g/mol. The number of methoxy groups -OCH3 is 1. The van der Waals surface area contributed by atoms with E-state index in [2.05, 4.69) is 10.6 Å². The molecule has 0 radical (unpaired) electrons. The number of fused-ring (bicyclic) bond motifs is 1. The van der Waals surface area contributed by atoms with Gasteiger partial charge in [0.15, 0.2) is 0 Å². The van der Waals surface area contributed by atoms with Crippen molar-refractivity contribution in [2.45, 2.75) is 12.5 Å². The molecule has 1 amide bonds. The van der Waals surface area contributed by atoms with Crippen LogP contribution in [0.4, 0.5) is 5.69 Å². The highest BCUT2D eigenvalue weighted by molar-refractivity contribution is 6.30. The Kier molecular flexibility index (Phi) is 4.32. The number of amides is 1. The third-order valence-corrected chi connectivity index (χ3v) is 4.06. The van der Waals surface area contributed by atoms with Gasteiger partial charge in [-0.1, -0.05) is 29.8 Å². The number of carbonyl (C=O) groups excluding carboxylic acids is 1. The van der Waals surface area contributed by atoms with Crippen molar-refractivity contribution in [3.05, 3.63) is 58.6 Å². The van der Waals surface area contributed by atoms with E-state index in [9.17, 15) is 4.79 Å². The van der Waals surface area contributed by atoms with Crippen LogP contribution < -0.4 is 15.4 Å².